The second-order valence-electron chi connectivity index (χ2n) is 3.21. The summed E-state index contributed by atoms with van der Waals surface area (Å²) in [5, 5.41) is 0.349. The highest BCUT2D eigenvalue weighted by molar-refractivity contribution is 7.90. The number of nitrogens with zero attached hydrogens (tertiary/aromatic N) is 1. The SMILES string of the molecule is COc1c(Cl)cccc1NS(=O)(=O)N(C)C. The van der Waals surface area contributed by atoms with Gasteiger partial charge in [0.25, 0.3) is 0 Å². The monoisotopic (exact) mass is 264 g/mol. The molecule has 0 radical (unpaired) electrons. The normalized spacial score (nSPS) is 11.6. The van der Waals surface area contributed by atoms with E-state index in [0.717, 1.165) is 4.31 Å². The molecule has 5 nitrogen and oxygen atoms in total. The molecule has 0 aliphatic heterocycles. The zero-order chi connectivity index (χ0) is 12.3. The zero-order valence-electron chi connectivity index (χ0n) is 9.19. The Hall–Kier alpha value is -0.980. The van der Waals surface area contributed by atoms with Crippen LogP contribution in [-0.4, -0.2) is 33.9 Å². The van der Waals surface area contributed by atoms with Crippen molar-refractivity contribution >= 4 is 27.5 Å². The molecule has 1 rings (SSSR count). The molecule has 90 valence electrons. The summed E-state index contributed by atoms with van der Waals surface area (Å²) in [7, 11) is 0.729. The molecule has 0 bridgehead atoms. The second-order valence-corrected chi connectivity index (χ2v) is 5.50. The number of methoxy groups -OCH3 is 1. The second kappa shape index (κ2) is 4.90. The Morgan fingerprint density at radius 3 is 2.50 bits per heavy atom. The molecule has 1 aromatic carbocycles. The van der Waals surface area contributed by atoms with Crippen LogP contribution in [0.3, 0.4) is 0 Å². The number of hydrogen-bond donors (Lipinski definition) is 1. The fourth-order valence-electron chi connectivity index (χ4n) is 1.03. The minimum atomic E-state index is -3.56. The van der Waals surface area contributed by atoms with Crippen molar-refractivity contribution in [3.63, 3.8) is 0 Å². The van der Waals surface area contributed by atoms with Gasteiger partial charge in [-0.3, -0.25) is 4.72 Å². The molecule has 0 aliphatic rings. The maximum Gasteiger partial charge on any atom is 0.301 e. The average Bonchev–Trinajstić information content (AvgIpc) is 2.17. The van der Waals surface area contributed by atoms with E-state index in [2.05, 4.69) is 4.72 Å². The number of benzene rings is 1. The van der Waals surface area contributed by atoms with Crippen molar-refractivity contribution in [2.45, 2.75) is 0 Å². The Labute approximate surface area is 100 Å². The smallest absolute Gasteiger partial charge is 0.301 e. The van der Waals surface area contributed by atoms with Crippen LogP contribution in [-0.2, 0) is 10.2 Å². The molecule has 7 heteroatoms. The van der Waals surface area contributed by atoms with E-state index in [-0.39, 0.29) is 0 Å². The number of ether oxygens (including phenoxy) is 1. The van der Waals surface area contributed by atoms with Gasteiger partial charge in [0.1, 0.15) is 0 Å². The van der Waals surface area contributed by atoms with Gasteiger partial charge in [0.2, 0.25) is 0 Å². The summed E-state index contributed by atoms with van der Waals surface area (Å²) in [6.07, 6.45) is 0. The van der Waals surface area contributed by atoms with Gasteiger partial charge in [-0.2, -0.15) is 12.7 Å². The first-order valence-corrected chi connectivity index (χ1v) is 6.23. The quantitative estimate of drug-likeness (QED) is 0.898. The Morgan fingerprint density at radius 1 is 1.38 bits per heavy atom. The number of rotatable bonds is 4. The fraction of sp³-hybridized carbons (Fsp3) is 0.333. The van der Waals surface area contributed by atoms with E-state index in [1.165, 1.54) is 21.2 Å². The van der Waals surface area contributed by atoms with Crippen LogP contribution in [0, 0.1) is 0 Å². The lowest BCUT2D eigenvalue weighted by Crippen LogP contribution is -2.29. The number of hydrogen-bond acceptors (Lipinski definition) is 3. The van der Waals surface area contributed by atoms with Crippen LogP contribution >= 0.6 is 11.6 Å². The molecular weight excluding hydrogens is 252 g/mol. The molecule has 1 aromatic rings. The van der Waals surface area contributed by atoms with Crippen molar-refractivity contribution in [1.29, 1.82) is 0 Å². The van der Waals surface area contributed by atoms with Crippen molar-refractivity contribution in [2.24, 2.45) is 0 Å². The van der Waals surface area contributed by atoms with Crippen LogP contribution in [0.4, 0.5) is 5.69 Å². The lowest BCUT2D eigenvalue weighted by atomic mass is 10.3. The van der Waals surface area contributed by atoms with E-state index in [1.807, 2.05) is 0 Å². The lowest BCUT2D eigenvalue weighted by molar-refractivity contribution is 0.417. The predicted molar refractivity (Wildman–Crippen MR) is 64.2 cm³/mol. The molecule has 0 spiro atoms. The van der Waals surface area contributed by atoms with E-state index < -0.39 is 10.2 Å². The van der Waals surface area contributed by atoms with Crippen molar-refractivity contribution in [3.05, 3.63) is 23.2 Å². The Kier molecular flexibility index (Phi) is 4.01. The molecule has 0 amide bonds. The Balaban J connectivity index is 3.12. The summed E-state index contributed by atoms with van der Waals surface area (Å²) >= 11 is 5.86. The van der Waals surface area contributed by atoms with Gasteiger partial charge >= 0.3 is 10.2 Å². The molecular formula is C9H13ClN2O3S. The topological polar surface area (TPSA) is 58.6 Å². The zero-order valence-corrected chi connectivity index (χ0v) is 10.8. The summed E-state index contributed by atoms with van der Waals surface area (Å²) in [5.74, 6) is 0.301. The molecule has 0 atom stereocenters. The number of para-hydroxylation sites is 1. The van der Waals surface area contributed by atoms with Crippen LogP contribution < -0.4 is 9.46 Å². The average molecular weight is 265 g/mol. The van der Waals surface area contributed by atoms with Gasteiger partial charge in [-0.05, 0) is 12.1 Å². The highest BCUT2D eigenvalue weighted by Crippen LogP contribution is 2.33. The van der Waals surface area contributed by atoms with Gasteiger partial charge in [0.15, 0.2) is 5.75 Å². The number of anilines is 1. The summed E-state index contributed by atoms with van der Waals surface area (Å²) in [4.78, 5) is 0. The maximum absolute atomic E-state index is 11.6. The summed E-state index contributed by atoms with van der Waals surface area (Å²) < 4.78 is 31.6. The largest absolute Gasteiger partial charge is 0.493 e. The number of nitrogens with one attached hydrogen (secondary N) is 1. The van der Waals surface area contributed by atoms with E-state index >= 15 is 0 Å². The third-order valence-corrected chi connectivity index (χ3v) is 3.63. The third-order valence-electron chi connectivity index (χ3n) is 1.89. The van der Waals surface area contributed by atoms with Crippen molar-refractivity contribution in [3.8, 4) is 5.75 Å². The minimum absolute atomic E-state index is 0.301. The molecule has 0 unspecified atom stereocenters. The first-order valence-electron chi connectivity index (χ1n) is 4.41. The molecule has 0 aromatic heterocycles. The van der Waals surface area contributed by atoms with Crippen LogP contribution in [0.5, 0.6) is 5.75 Å². The molecule has 0 saturated carbocycles. The van der Waals surface area contributed by atoms with E-state index in [1.54, 1.807) is 18.2 Å². The molecule has 0 heterocycles. The van der Waals surface area contributed by atoms with Crippen LogP contribution in [0.2, 0.25) is 5.02 Å². The van der Waals surface area contributed by atoms with Crippen LogP contribution in [0.15, 0.2) is 18.2 Å². The highest BCUT2D eigenvalue weighted by atomic mass is 35.5. The van der Waals surface area contributed by atoms with Gasteiger partial charge < -0.3 is 4.74 Å². The standard InChI is InChI=1S/C9H13ClN2O3S/c1-12(2)16(13,14)11-8-6-4-5-7(10)9(8)15-3/h4-6,11H,1-3H3. The van der Waals surface area contributed by atoms with E-state index in [0.29, 0.717) is 16.5 Å². The van der Waals surface area contributed by atoms with Crippen molar-refractivity contribution in [2.75, 3.05) is 25.9 Å². The summed E-state index contributed by atoms with van der Waals surface area (Å²) in [5.41, 5.74) is 0.309. The van der Waals surface area contributed by atoms with Gasteiger partial charge in [0, 0.05) is 14.1 Å². The maximum atomic E-state index is 11.6. The van der Waals surface area contributed by atoms with Gasteiger partial charge in [-0.1, -0.05) is 17.7 Å². The van der Waals surface area contributed by atoms with Gasteiger partial charge in [-0.15, -0.1) is 0 Å². The Bertz CT molecular complexity index is 474. The molecule has 0 fully saturated rings. The van der Waals surface area contributed by atoms with Crippen molar-refractivity contribution < 1.29 is 13.2 Å². The van der Waals surface area contributed by atoms with Crippen LogP contribution in [0.25, 0.3) is 0 Å². The van der Waals surface area contributed by atoms with E-state index in [4.69, 9.17) is 16.3 Å². The van der Waals surface area contributed by atoms with Crippen molar-refractivity contribution in [1.82, 2.24) is 4.31 Å². The number of halogens is 1. The molecule has 1 N–H and O–H groups in total. The van der Waals surface area contributed by atoms with Gasteiger partial charge in [-0.25, -0.2) is 0 Å². The van der Waals surface area contributed by atoms with E-state index in [9.17, 15) is 8.42 Å². The van der Waals surface area contributed by atoms with Gasteiger partial charge in [0.05, 0.1) is 17.8 Å². The predicted octanol–water partition coefficient (Wildman–Crippen LogP) is 1.57. The Morgan fingerprint density at radius 2 is 2.00 bits per heavy atom. The molecule has 0 saturated heterocycles. The first kappa shape index (κ1) is 13.1. The lowest BCUT2D eigenvalue weighted by Gasteiger charge is -2.16. The third kappa shape index (κ3) is 2.78. The highest BCUT2D eigenvalue weighted by Gasteiger charge is 2.16. The molecule has 16 heavy (non-hydrogen) atoms. The molecule has 0 aliphatic carbocycles. The minimum Gasteiger partial charge on any atom is -0.493 e. The summed E-state index contributed by atoms with van der Waals surface area (Å²) in [6, 6.07) is 4.83. The first-order chi connectivity index (χ1) is 7.38. The fourth-order valence-corrected chi connectivity index (χ4v) is 1.90. The summed E-state index contributed by atoms with van der Waals surface area (Å²) in [6.45, 7) is 0. The van der Waals surface area contributed by atoms with Crippen LogP contribution in [0.1, 0.15) is 0 Å².